The first-order chi connectivity index (χ1) is 4.31. The second kappa shape index (κ2) is 6.09. The molecule has 0 unspecified atom stereocenters. The SMILES string of the molecule is CCC[C@H](C)CCCN. The van der Waals surface area contributed by atoms with Crippen molar-refractivity contribution in [1.82, 2.24) is 0 Å². The van der Waals surface area contributed by atoms with Gasteiger partial charge in [0.1, 0.15) is 0 Å². The normalized spacial score (nSPS) is 13.7. The summed E-state index contributed by atoms with van der Waals surface area (Å²) in [5, 5.41) is 0. The number of hydrogen-bond donors (Lipinski definition) is 1. The van der Waals surface area contributed by atoms with Gasteiger partial charge in [0.15, 0.2) is 0 Å². The smallest absolute Gasteiger partial charge is 0.00772 e. The molecule has 0 bridgehead atoms. The molecule has 0 saturated heterocycles. The number of rotatable bonds is 5. The van der Waals surface area contributed by atoms with Crippen molar-refractivity contribution < 1.29 is 0 Å². The Balaban J connectivity index is 2.95. The number of nitrogens with two attached hydrogens (primary N) is 1. The van der Waals surface area contributed by atoms with Gasteiger partial charge in [-0.15, -0.1) is 0 Å². The molecule has 0 heterocycles. The van der Waals surface area contributed by atoms with Gasteiger partial charge in [-0.2, -0.15) is 0 Å². The van der Waals surface area contributed by atoms with Gasteiger partial charge >= 0.3 is 0 Å². The van der Waals surface area contributed by atoms with E-state index >= 15 is 0 Å². The van der Waals surface area contributed by atoms with E-state index in [1.165, 1.54) is 25.7 Å². The third kappa shape index (κ3) is 5.84. The molecule has 0 rings (SSSR count). The molecule has 56 valence electrons. The molecule has 0 aromatic carbocycles. The van der Waals surface area contributed by atoms with Gasteiger partial charge in [-0.25, -0.2) is 0 Å². The van der Waals surface area contributed by atoms with Gasteiger partial charge in [0, 0.05) is 0 Å². The molecule has 1 atom stereocenters. The van der Waals surface area contributed by atoms with Crippen molar-refractivity contribution in [1.29, 1.82) is 0 Å². The Morgan fingerprint density at radius 3 is 2.44 bits per heavy atom. The predicted molar refractivity (Wildman–Crippen MR) is 42.4 cm³/mol. The van der Waals surface area contributed by atoms with Crippen LogP contribution < -0.4 is 5.73 Å². The van der Waals surface area contributed by atoms with Crippen LogP contribution in [0.25, 0.3) is 0 Å². The molecule has 1 nitrogen and oxygen atoms in total. The molecule has 2 N–H and O–H groups in total. The van der Waals surface area contributed by atoms with Gasteiger partial charge in [0.25, 0.3) is 0 Å². The molecule has 0 saturated carbocycles. The van der Waals surface area contributed by atoms with Gasteiger partial charge in [-0.3, -0.25) is 0 Å². The maximum absolute atomic E-state index is 5.37. The minimum Gasteiger partial charge on any atom is -0.330 e. The van der Waals surface area contributed by atoms with Crippen LogP contribution in [-0.4, -0.2) is 6.54 Å². The highest BCUT2D eigenvalue weighted by Gasteiger charge is 1.97. The fourth-order valence-corrected chi connectivity index (χ4v) is 1.10. The molecule has 1 heteroatoms. The molecule has 0 aliphatic rings. The van der Waals surface area contributed by atoms with Crippen molar-refractivity contribution in [3.05, 3.63) is 0 Å². The topological polar surface area (TPSA) is 26.0 Å². The lowest BCUT2D eigenvalue weighted by Crippen LogP contribution is -2.02. The quantitative estimate of drug-likeness (QED) is 0.605. The van der Waals surface area contributed by atoms with Gasteiger partial charge in [0.2, 0.25) is 0 Å². The largest absolute Gasteiger partial charge is 0.330 e. The average molecular weight is 129 g/mol. The molecule has 0 aromatic rings. The van der Waals surface area contributed by atoms with Gasteiger partial charge in [-0.1, -0.05) is 26.7 Å². The van der Waals surface area contributed by atoms with Crippen LogP contribution in [0, 0.1) is 5.92 Å². The summed E-state index contributed by atoms with van der Waals surface area (Å²) in [5.74, 6) is 0.888. The zero-order valence-corrected chi connectivity index (χ0v) is 6.69. The molecule has 0 aliphatic heterocycles. The van der Waals surface area contributed by atoms with Crippen molar-refractivity contribution >= 4 is 0 Å². The fourth-order valence-electron chi connectivity index (χ4n) is 1.10. The Hall–Kier alpha value is -0.0400. The van der Waals surface area contributed by atoms with Gasteiger partial charge in [0.05, 0.1) is 0 Å². The molecule has 0 radical (unpaired) electrons. The van der Waals surface area contributed by atoms with E-state index in [2.05, 4.69) is 13.8 Å². The first kappa shape index (κ1) is 8.96. The molecule has 9 heavy (non-hydrogen) atoms. The molecule has 0 aliphatic carbocycles. The lowest BCUT2D eigenvalue weighted by Gasteiger charge is -2.06. The van der Waals surface area contributed by atoms with Gasteiger partial charge in [-0.05, 0) is 25.3 Å². The molecule has 0 fully saturated rings. The van der Waals surface area contributed by atoms with Crippen LogP contribution in [-0.2, 0) is 0 Å². The van der Waals surface area contributed by atoms with E-state index in [1.807, 2.05) is 0 Å². The summed E-state index contributed by atoms with van der Waals surface area (Å²) in [7, 11) is 0. The summed E-state index contributed by atoms with van der Waals surface area (Å²) in [6.07, 6.45) is 5.18. The maximum atomic E-state index is 5.37. The van der Waals surface area contributed by atoms with Crippen LogP contribution in [0.1, 0.15) is 39.5 Å². The first-order valence-electron chi connectivity index (χ1n) is 4.01. The summed E-state index contributed by atoms with van der Waals surface area (Å²) in [6.45, 7) is 5.40. The Kier molecular flexibility index (Phi) is 6.06. The van der Waals surface area contributed by atoms with E-state index in [1.54, 1.807) is 0 Å². The van der Waals surface area contributed by atoms with Crippen LogP contribution in [0.3, 0.4) is 0 Å². The third-order valence-electron chi connectivity index (χ3n) is 1.68. The van der Waals surface area contributed by atoms with E-state index in [-0.39, 0.29) is 0 Å². The van der Waals surface area contributed by atoms with Crippen LogP contribution in [0.5, 0.6) is 0 Å². The van der Waals surface area contributed by atoms with Crippen molar-refractivity contribution in [2.24, 2.45) is 11.7 Å². The summed E-state index contributed by atoms with van der Waals surface area (Å²) >= 11 is 0. The standard InChI is InChI=1S/C8H19N/c1-3-5-8(2)6-4-7-9/h8H,3-7,9H2,1-2H3/t8-/m0/s1. The molecule has 0 amide bonds. The van der Waals surface area contributed by atoms with Crippen molar-refractivity contribution in [3.63, 3.8) is 0 Å². The van der Waals surface area contributed by atoms with Crippen molar-refractivity contribution in [2.45, 2.75) is 39.5 Å². The maximum Gasteiger partial charge on any atom is -0.00772 e. The van der Waals surface area contributed by atoms with E-state index in [4.69, 9.17) is 5.73 Å². The van der Waals surface area contributed by atoms with Crippen LogP contribution in [0.4, 0.5) is 0 Å². The van der Waals surface area contributed by atoms with Crippen molar-refractivity contribution in [2.75, 3.05) is 6.54 Å². The zero-order valence-electron chi connectivity index (χ0n) is 6.69. The highest BCUT2D eigenvalue weighted by molar-refractivity contribution is 4.51. The highest BCUT2D eigenvalue weighted by Crippen LogP contribution is 2.10. The van der Waals surface area contributed by atoms with Crippen LogP contribution in [0.2, 0.25) is 0 Å². The average Bonchev–Trinajstić information content (AvgIpc) is 1.85. The summed E-state index contributed by atoms with van der Waals surface area (Å²) in [5.41, 5.74) is 5.37. The summed E-state index contributed by atoms with van der Waals surface area (Å²) in [6, 6.07) is 0. The second-order valence-electron chi connectivity index (χ2n) is 2.82. The summed E-state index contributed by atoms with van der Waals surface area (Å²) in [4.78, 5) is 0. The van der Waals surface area contributed by atoms with Crippen LogP contribution >= 0.6 is 0 Å². The molecule has 0 aromatic heterocycles. The van der Waals surface area contributed by atoms with E-state index < -0.39 is 0 Å². The molecular weight excluding hydrogens is 110 g/mol. The first-order valence-corrected chi connectivity index (χ1v) is 4.01. The molecular formula is C8H19N. The predicted octanol–water partition coefficient (Wildman–Crippen LogP) is 2.16. The summed E-state index contributed by atoms with van der Waals surface area (Å²) < 4.78 is 0. The van der Waals surface area contributed by atoms with E-state index in [0.717, 1.165) is 12.5 Å². The van der Waals surface area contributed by atoms with E-state index in [0.29, 0.717) is 0 Å². The Morgan fingerprint density at radius 2 is 2.00 bits per heavy atom. The third-order valence-corrected chi connectivity index (χ3v) is 1.68. The highest BCUT2D eigenvalue weighted by atomic mass is 14.5. The zero-order chi connectivity index (χ0) is 7.11. The lowest BCUT2D eigenvalue weighted by molar-refractivity contribution is 0.473. The fraction of sp³-hybridized carbons (Fsp3) is 1.00. The minimum atomic E-state index is 0.855. The second-order valence-corrected chi connectivity index (χ2v) is 2.82. The number of hydrogen-bond acceptors (Lipinski definition) is 1. The lowest BCUT2D eigenvalue weighted by atomic mass is 10.0. The monoisotopic (exact) mass is 129 g/mol. The molecule has 0 spiro atoms. The Bertz CT molecular complexity index is 52.5. The van der Waals surface area contributed by atoms with Gasteiger partial charge < -0.3 is 5.73 Å². The van der Waals surface area contributed by atoms with E-state index in [9.17, 15) is 0 Å². The Labute approximate surface area is 58.6 Å². The Morgan fingerprint density at radius 1 is 1.33 bits per heavy atom. The van der Waals surface area contributed by atoms with Crippen LogP contribution in [0.15, 0.2) is 0 Å². The van der Waals surface area contributed by atoms with Crippen molar-refractivity contribution in [3.8, 4) is 0 Å². The minimum absolute atomic E-state index is 0.855.